The Kier molecular flexibility index (Phi) is 2.34. The van der Waals surface area contributed by atoms with E-state index in [0.29, 0.717) is 11.1 Å². The van der Waals surface area contributed by atoms with Crippen LogP contribution in [0, 0.1) is 0 Å². The van der Waals surface area contributed by atoms with E-state index in [9.17, 15) is 9.59 Å². The fourth-order valence-corrected chi connectivity index (χ4v) is 1.79. The minimum Gasteiger partial charge on any atom is -0.345 e. The maximum atomic E-state index is 11.6. The predicted octanol–water partition coefficient (Wildman–Crippen LogP) is 1.91. The van der Waals surface area contributed by atoms with Crippen LogP contribution < -0.4 is 5.32 Å². The monoisotopic (exact) mass is 217 g/mol. The van der Waals surface area contributed by atoms with Gasteiger partial charge in [0.25, 0.3) is 5.91 Å². The molecule has 0 fully saturated rings. The summed E-state index contributed by atoms with van der Waals surface area (Å²) < 4.78 is 0. The first kappa shape index (κ1) is 10.9. The molecule has 0 atom stereocenters. The quantitative estimate of drug-likeness (QED) is 0.721. The first-order chi connectivity index (χ1) is 7.39. The van der Waals surface area contributed by atoms with Gasteiger partial charge in [-0.25, -0.2) is 0 Å². The Hall–Kier alpha value is -1.64. The molecule has 1 aliphatic rings. The third-order valence-corrected chi connectivity index (χ3v) is 2.84. The number of ketones is 1. The van der Waals surface area contributed by atoms with Crippen molar-refractivity contribution in [2.45, 2.75) is 26.2 Å². The summed E-state index contributed by atoms with van der Waals surface area (Å²) in [6.07, 6.45) is 0. The zero-order valence-electron chi connectivity index (χ0n) is 9.76. The van der Waals surface area contributed by atoms with Gasteiger partial charge in [0.15, 0.2) is 5.78 Å². The van der Waals surface area contributed by atoms with Gasteiger partial charge in [-0.3, -0.25) is 9.59 Å². The number of carbonyl (C=O) groups excluding carboxylic acids is 2. The molecule has 3 nitrogen and oxygen atoms in total. The van der Waals surface area contributed by atoms with E-state index < -0.39 is 0 Å². The second kappa shape index (κ2) is 3.44. The van der Waals surface area contributed by atoms with E-state index in [1.807, 2.05) is 12.1 Å². The lowest BCUT2D eigenvalue weighted by Crippen LogP contribution is -2.36. The minimum absolute atomic E-state index is 0.0181. The molecule has 0 saturated carbocycles. The molecule has 16 heavy (non-hydrogen) atoms. The van der Waals surface area contributed by atoms with Crippen molar-refractivity contribution in [3.8, 4) is 0 Å². The highest BCUT2D eigenvalue weighted by Crippen LogP contribution is 2.25. The largest absolute Gasteiger partial charge is 0.345 e. The number of benzene rings is 1. The summed E-state index contributed by atoms with van der Waals surface area (Å²) in [4.78, 5) is 23.2. The predicted molar refractivity (Wildman–Crippen MR) is 61.8 cm³/mol. The van der Waals surface area contributed by atoms with Crippen LogP contribution in [-0.4, -0.2) is 18.2 Å². The maximum Gasteiger partial charge on any atom is 0.252 e. The van der Waals surface area contributed by atoms with Crippen LogP contribution in [0.3, 0.4) is 0 Å². The molecule has 0 aliphatic carbocycles. The van der Waals surface area contributed by atoms with Crippen molar-refractivity contribution in [2.75, 3.05) is 6.54 Å². The Bertz CT molecular complexity index is 469. The van der Waals surface area contributed by atoms with E-state index in [1.54, 1.807) is 6.07 Å². The molecule has 2 rings (SSSR count). The van der Waals surface area contributed by atoms with Crippen molar-refractivity contribution in [1.29, 1.82) is 0 Å². The number of carbonyl (C=O) groups is 2. The summed E-state index contributed by atoms with van der Waals surface area (Å²) in [5.41, 5.74) is 2.09. The number of nitrogens with one attached hydrogen (secondary N) is 1. The lowest BCUT2D eigenvalue weighted by molar-refractivity contribution is 0.0877. The van der Waals surface area contributed by atoms with Gasteiger partial charge in [0, 0.05) is 5.56 Å². The standard InChI is InChI=1S/C13H15NO2/c1-13(2,3)8-4-5-9-10(6-8)12(16)14-7-11(9)15/h4-6H,7H2,1-3H3,(H,14,16). The molecule has 1 amide bonds. The average Bonchev–Trinajstić information content (AvgIpc) is 2.22. The first-order valence-corrected chi connectivity index (χ1v) is 5.35. The minimum atomic E-state index is -0.152. The summed E-state index contributed by atoms with van der Waals surface area (Å²) in [6.45, 7) is 6.35. The highest BCUT2D eigenvalue weighted by atomic mass is 16.2. The van der Waals surface area contributed by atoms with Gasteiger partial charge in [0.1, 0.15) is 0 Å². The summed E-state index contributed by atoms with van der Waals surface area (Å²) in [6, 6.07) is 5.51. The third-order valence-electron chi connectivity index (χ3n) is 2.84. The van der Waals surface area contributed by atoms with Crippen LogP contribution in [0.5, 0.6) is 0 Å². The smallest absolute Gasteiger partial charge is 0.252 e. The fraction of sp³-hybridized carbons (Fsp3) is 0.385. The molecule has 0 unspecified atom stereocenters. The molecular weight excluding hydrogens is 202 g/mol. The maximum absolute atomic E-state index is 11.6. The van der Waals surface area contributed by atoms with Crippen molar-refractivity contribution in [3.05, 3.63) is 34.9 Å². The Morgan fingerprint density at radius 2 is 1.81 bits per heavy atom. The van der Waals surface area contributed by atoms with Crippen molar-refractivity contribution >= 4 is 11.7 Å². The number of hydrogen-bond acceptors (Lipinski definition) is 2. The van der Waals surface area contributed by atoms with E-state index in [2.05, 4.69) is 26.1 Å². The first-order valence-electron chi connectivity index (χ1n) is 5.35. The topological polar surface area (TPSA) is 46.2 Å². The molecule has 0 spiro atoms. The summed E-state index contributed by atoms with van der Waals surface area (Å²) in [5, 5.41) is 2.58. The molecule has 0 bridgehead atoms. The van der Waals surface area contributed by atoms with Crippen LogP contribution in [-0.2, 0) is 5.41 Å². The molecule has 1 heterocycles. The van der Waals surface area contributed by atoms with Crippen molar-refractivity contribution in [1.82, 2.24) is 5.32 Å². The number of rotatable bonds is 0. The van der Waals surface area contributed by atoms with Crippen molar-refractivity contribution in [3.63, 3.8) is 0 Å². The number of amides is 1. The number of hydrogen-bond donors (Lipinski definition) is 1. The van der Waals surface area contributed by atoms with Gasteiger partial charge in [0.05, 0.1) is 12.1 Å². The SMILES string of the molecule is CC(C)(C)c1ccc2c(c1)C(=O)NCC2=O. The zero-order chi connectivity index (χ0) is 11.9. The van der Waals surface area contributed by atoms with Crippen molar-refractivity contribution < 1.29 is 9.59 Å². The molecule has 1 N–H and O–H groups in total. The Labute approximate surface area is 94.9 Å². The molecule has 1 aromatic carbocycles. The van der Waals surface area contributed by atoms with Gasteiger partial charge in [-0.1, -0.05) is 32.9 Å². The van der Waals surface area contributed by atoms with Crippen LogP contribution >= 0.6 is 0 Å². The van der Waals surface area contributed by atoms with Crippen LogP contribution in [0.4, 0.5) is 0 Å². The third kappa shape index (κ3) is 1.73. The van der Waals surface area contributed by atoms with Gasteiger partial charge in [0.2, 0.25) is 0 Å². The summed E-state index contributed by atoms with van der Waals surface area (Å²) in [7, 11) is 0. The normalized spacial score (nSPS) is 15.7. The second-order valence-corrected chi connectivity index (χ2v) is 5.12. The Balaban J connectivity index is 2.57. The van der Waals surface area contributed by atoms with E-state index in [0.717, 1.165) is 5.56 Å². The van der Waals surface area contributed by atoms with E-state index in [1.165, 1.54) is 0 Å². The lowest BCUT2D eigenvalue weighted by Gasteiger charge is -2.22. The highest BCUT2D eigenvalue weighted by molar-refractivity contribution is 6.13. The van der Waals surface area contributed by atoms with Crippen molar-refractivity contribution in [2.24, 2.45) is 0 Å². The molecule has 3 heteroatoms. The zero-order valence-corrected chi connectivity index (χ0v) is 9.76. The molecule has 1 aromatic rings. The van der Waals surface area contributed by atoms with Gasteiger partial charge >= 0.3 is 0 Å². The molecule has 0 aromatic heterocycles. The summed E-state index contributed by atoms with van der Waals surface area (Å²) in [5.74, 6) is -0.171. The number of Topliss-reactive ketones (excluding diaryl/α,β-unsaturated/α-hetero) is 1. The van der Waals surface area contributed by atoms with Crippen LogP contribution in [0.1, 0.15) is 47.1 Å². The second-order valence-electron chi connectivity index (χ2n) is 5.12. The highest BCUT2D eigenvalue weighted by Gasteiger charge is 2.25. The van der Waals surface area contributed by atoms with Gasteiger partial charge in [-0.15, -0.1) is 0 Å². The lowest BCUT2D eigenvalue weighted by atomic mass is 9.84. The molecule has 0 saturated heterocycles. The van der Waals surface area contributed by atoms with Gasteiger partial charge < -0.3 is 5.32 Å². The molecule has 0 radical (unpaired) electrons. The number of fused-ring (bicyclic) bond motifs is 1. The Morgan fingerprint density at radius 3 is 2.44 bits per heavy atom. The molecule has 1 aliphatic heterocycles. The molecule has 84 valence electrons. The van der Waals surface area contributed by atoms with Crippen LogP contribution in [0.25, 0.3) is 0 Å². The summed E-state index contributed by atoms with van der Waals surface area (Å²) >= 11 is 0. The Morgan fingerprint density at radius 1 is 1.12 bits per heavy atom. The average molecular weight is 217 g/mol. The van der Waals surface area contributed by atoms with E-state index in [-0.39, 0.29) is 23.7 Å². The fourth-order valence-electron chi connectivity index (χ4n) is 1.79. The van der Waals surface area contributed by atoms with E-state index >= 15 is 0 Å². The van der Waals surface area contributed by atoms with Crippen LogP contribution in [0.15, 0.2) is 18.2 Å². The van der Waals surface area contributed by atoms with Crippen LogP contribution in [0.2, 0.25) is 0 Å². The van der Waals surface area contributed by atoms with E-state index in [4.69, 9.17) is 0 Å². The van der Waals surface area contributed by atoms with Gasteiger partial charge in [-0.2, -0.15) is 0 Å². The molecular formula is C13H15NO2. The van der Waals surface area contributed by atoms with Gasteiger partial charge in [-0.05, 0) is 17.0 Å².